The zero-order chi connectivity index (χ0) is 16.2. The number of amides is 1. The molecule has 2 aliphatic heterocycles. The molecule has 0 radical (unpaired) electrons. The average Bonchev–Trinajstić information content (AvgIpc) is 3.04. The first kappa shape index (κ1) is 16.1. The van der Waals surface area contributed by atoms with Crippen LogP contribution >= 0.6 is 0 Å². The summed E-state index contributed by atoms with van der Waals surface area (Å²) in [7, 11) is 3.89. The van der Waals surface area contributed by atoms with Crippen LogP contribution in [0.1, 0.15) is 19.3 Å². The predicted molar refractivity (Wildman–Crippen MR) is 87.7 cm³/mol. The Morgan fingerprint density at radius 1 is 1.43 bits per heavy atom. The molecule has 1 aromatic rings. The van der Waals surface area contributed by atoms with E-state index in [1.807, 2.05) is 36.0 Å². The summed E-state index contributed by atoms with van der Waals surface area (Å²) in [6, 6.07) is 3.81. The van der Waals surface area contributed by atoms with Crippen molar-refractivity contribution in [3.63, 3.8) is 0 Å². The lowest BCUT2D eigenvalue weighted by Crippen LogP contribution is -2.39. The van der Waals surface area contributed by atoms with Gasteiger partial charge in [0.1, 0.15) is 6.10 Å². The highest BCUT2D eigenvalue weighted by Crippen LogP contribution is 2.27. The van der Waals surface area contributed by atoms with Crippen molar-refractivity contribution < 1.29 is 14.3 Å². The number of nitrogens with zero attached hydrogens (tertiary/aromatic N) is 3. The quantitative estimate of drug-likeness (QED) is 0.843. The summed E-state index contributed by atoms with van der Waals surface area (Å²) >= 11 is 0. The minimum absolute atomic E-state index is 0.0261. The maximum absolute atomic E-state index is 12.5. The van der Waals surface area contributed by atoms with Crippen molar-refractivity contribution in [1.82, 2.24) is 9.88 Å². The second-order valence-corrected chi connectivity index (χ2v) is 6.45. The molecule has 2 fully saturated rings. The normalized spacial score (nSPS) is 24.5. The molecule has 1 aromatic heterocycles. The molecular weight excluding hydrogens is 294 g/mol. The molecule has 23 heavy (non-hydrogen) atoms. The first-order valence-corrected chi connectivity index (χ1v) is 8.30. The molecule has 0 bridgehead atoms. The molecule has 0 unspecified atom stereocenters. The third kappa shape index (κ3) is 3.75. The third-order valence-corrected chi connectivity index (χ3v) is 4.43. The van der Waals surface area contributed by atoms with Crippen LogP contribution in [0.4, 0.5) is 5.82 Å². The number of rotatable bonds is 4. The van der Waals surface area contributed by atoms with Crippen LogP contribution in [0, 0.1) is 5.92 Å². The van der Waals surface area contributed by atoms with E-state index >= 15 is 0 Å². The van der Waals surface area contributed by atoms with E-state index in [0.29, 0.717) is 13.2 Å². The summed E-state index contributed by atoms with van der Waals surface area (Å²) in [4.78, 5) is 20.8. The van der Waals surface area contributed by atoms with Crippen LogP contribution in [0.15, 0.2) is 18.3 Å². The molecule has 0 N–H and O–H groups in total. The lowest BCUT2D eigenvalue weighted by atomic mass is 10.0. The van der Waals surface area contributed by atoms with Gasteiger partial charge in [-0.15, -0.1) is 0 Å². The minimum atomic E-state index is 0.0261. The Labute approximate surface area is 137 Å². The van der Waals surface area contributed by atoms with Crippen molar-refractivity contribution in [2.75, 3.05) is 45.3 Å². The van der Waals surface area contributed by atoms with Crippen LogP contribution in [0.5, 0.6) is 5.75 Å². The molecular formula is C17H25N3O3. The molecule has 2 saturated heterocycles. The number of aromatic nitrogens is 1. The van der Waals surface area contributed by atoms with Crippen molar-refractivity contribution in [1.29, 1.82) is 0 Å². The Morgan fingerprint density at radius 3 is 3.04 bits per heavy atom. The van der Waals surface area contributed by atoms with Crippen LogP contribution < -0.4 is 9.64 Å². The molecule has 6 heteroatoms. The lowest BCUT2D eigenvalue weighted by molar-refractivity contribution is -0.138. The Kier molecular flexibility index (Phi) is 5.00. The van der Waals surface area contributed by atoms with E-state index in [0.717, 1.165) is 44.0 Å². The molecule has 3 heterocycles. The highest BCUT2D eigenvalue weighted by atomic mass is 16.5. The number of likely N-dealkylation sites (tertiary alicyclic amines) is 1. The molecule has 6 nitrogen and oxygen atoms in total. The minimum Gasteiger partial charge on any atom is -0.485 e. The largest absolute Gasteiger partial charge is 0.485 e. The summed E-state index contributed by atoms with van der Waals surface area (Å²) < 4.78 is 11.5. The summed E-state index contributed by atoms with van der Waals surface area (Å²) in [5.74, 6) is 1.84. The maximum Gasteiger partial charge on any atom is 0.228 e. The summed E-state index contributed by atoms with van der Waals surface area (Å²) in [5.41, 5.74) is 0. The summed E-state index contributed by atoms with van der Waals surface area (Å²) in [5, 5.41) is 0. The molecule has 1 amide bonds. The third-order valence-electron chi connectivity index (χ3n) is 4.43. The van der Waals surface area contributed by atoms with E-state index in [2.05, 4.69) is 4.98 Å². The van der Waals surface area contributed by atoms with Gasteiger partial charge in [-0.2, -0.15) is 0 Å². The Hall–Kier alpha value is -1.82. The summed E-state index contributed by atoms with van der Waals surface area (Å²) in [6.07, 6.45) is 4.57. The molecule has 0 spiro atoms. The van der Waals surface area contributed by atoms with Gasteiger partial charge in [-0.25, -0.2) is 4.98 Å². The Bertz CT molecular complexity index is 544. The smallest absolute Gasteiger partial charge is 0.228 e. The molecule has 0 aromatic carbocycles. The number of hydrogen-bond acceptors (Lipinski definition) is 5. The highest BCUT2D eigenvalue weighted by molar-refractivity contribution is 5.79. The van der Waals surface area contributed by atoms with E-state index in [-0.39, 0.29) is 17.9 Å². The highest BCUT2D eigenvalue weighted by Gasteiger charge is 2.33. The number of carbonyl (C=O) groups excluding carboxylic acids is 1. The summed E-state index contributed by atoms with van der Waals surface area (Å²) in [6.45, 7) is 2.76. The van der Waals surface area contributed by atoms with Crippen molar-refractivity contribution in [2.45, 2.75) is 25.4 Å². The number of pyridine rings is 1. The average molecular weight is 319 g/mol. The molecule has 3 rings (SSSR count). The monoisotopic (exact) mass is 319 g/mol. The van der Waals surface area contributed by atoms with Crippen LogP contribution in [0.25, 0.3) is 0 Å². The standard InChI is InChI=1S/C17H25N3O3/c1-19(2)16-15(6-3-8-18-16)23-14-7-9-20(11-14)17(21)13-5-4-10-22-12-13/h3,6,8,13-14H,4-5,7,9-12H2,1-2H3/t13-,14-/m0/s1. The number of hydrogen-bond donors (Lipinski definition) is 0. The predicted octanol–water partition coefficient (Wildman–Crippen LogP) is 1.55. The van der Waals surface area contributed by atoms with E-state index in [4.69, 9.17) is 9.47 Å². The van der Waals surface area contributed by atoms with Gasteiger partial charge in [0.2, 0.25) is 5.91 Å². The first-order valence-electron chi connectivity index (χ1n) is 8.30. The fraction of sp³-hybridized carbons (Fsp3) is 0.647. The van der Waals surface area contributed by atoms with Gasteiger partial charge in [-0.05, 0) is 25.0 Å². The molecule has 0 aliphatic carbocycles. The van der Waals surface area contributed by atoms with E-state index in [9.17, 15) is 4.79 Å². The van der Waals surface area contributed by atoms with Crippen LogP contribution in [-0.2, 0) is 9.53 Å². The first-order chi connectivity index (χ1) is 11.1. The van der Waals surface area contributed by atoms with Crippen molar-refractivity contribution in [2.24, 2.45) is 5.92 Å². The maximum atomic E-state index is 12.5. The second-order valence-electron chi connectivity index (χ2n) is 6.45. The van der Waals surface area contributed by atoms with Gasteiger partial charge in [0.05, 0.1) is 19.1 Å². The zero-order valence-electron chi connectivity index (χ0n) is 13.9. The van der Waals surface area contributed by atoms with Crippen LogP contribution in [-0.4, -0.2) is 62.3 Å². The number of anilines is 1. The SMILES string of the molecule is CN(C)c1ncccc1O[C@H]1CCN(C(=O)[C@H]2CCCOC2)C1. The van der Waals surface area contributed by atoms with Gasteiger partial charge in [-0.1, -0.05) is 0 Å². The van der Waals surface area contributed by atoms with Gasteiger partial charge in [0.25, 0.3) is 0 Å². The van der Waals surface area contributed by atoms with Crippen molar-refractivity contribution >= 4 is 11.7 Å². The topological polar surface area (TPSA) is 54.9 Å². The van der Waals surface area contributed by atoms with Gasteiger partial charge in [0.15, 0.2) is 11.6 Å². The molecule has 0 saturated carbocycles. The van der Waals surface area contributed by atoms with E-state index < -0.39 is 0 Å². The number of carbonyl (C=O) groups is 1. The number of ether oxygens (including phenoxy) is 2. The Balaban J connectivity index is 1.59. The van der Waals surface area contributed by atoms with Gasteiger partial charge in [0, 0.05) is 39.9 Å². The van der Waals surface area contributed by atoms with Gasteiger partial charge < -0.3 is 19.3 Å². The van der Waals surface area contributed by atoms with Crippen LogP contribution in [0.2, 0.25) is 0 Å². The van der Waals surface area contributed by atoms with Gasteiger partial charge in [-0.3, -0.25) is 4.79 Å². The second kappa shape index (κ2) is 7.17. The molecule has 2 atom stereocenters. The fourth-order valence-corrected chi connectivity index (χ4v) is 3.21. The lowest BCUT2D eigenvalue weighted by Gasteiger charge is -2.26. The van der Waals surface area contributed by atoms with Crippen LogP contribution in [0.3, 0.4) is 0 Å². The molecule has 2 aliphatic rings. The van der Waals surface area contributed by atoms with E-state index in [1.165, 1.54) is 0 Å². The van der Waals surface area contributed by atoms with Crippen molar-refractivity contribution in [3.05, 3.63) is 18.3 Å². The fourth-order valence-electron chi connectivity index (χ4n) is 3.21. The molecule has 126 valence electrons. The van der Waals surface area contributed by atoms with Gasteiger partial charge >= 0.3 is 0 Å². The zero-order valence-corrected chi connectivity index (χ0v) is 13.9. The van der Waals surface area contributed by atoms with E-state index in [1.54, 1.807) is 6.20 Å². The Morgan fingerprint density at radius 2 is 2.30 bits per heavy atom. The van der Waals surface area contributed by atoms with Crippen molar-refractivity contribution in [3.8, 4) is 5.75 Å².